The number of amidine groups is 2. The topological polar surface area (TPSA) is 76.8 Å². The number of fused-ring (bicyclic) bond motifs is 3. The third kappa shape index (κ3) is 3.83. The van der Waals surface area contributed by atoms with Gasteiger partial charge in [0.15, 0.2) is 0 Å². The van der Waals surface area contributed by atoms with E-state index in [4.69, 9.17) is 11.5 Å². The molecule has 0 saturated heterocycles. The lowest BCUT2D eigenvalue weighted by Gasteiger charge is -2.06. The molecule has 31 heavy (non-hydrogen) atoms. The first-order valence-electron chi connectivity index (χ1n) is 10.2. The number of hydrogen-bond donors (Lipinski definition) is 2. The Hall–Kier alpha value is -4.18. The van der Waals surface area contributed by atoms with Crippen molar-refractivity contribution in [2.75, 3.05) is 0 Å². The van der Waals surface area contributed by atoms with Gasteiger partial charge in [-0.3, -0.25) is 0 Å². The monoisotopic (exact) mass is 402 g/mol. The van der Waals surface area contributed by atoms with Gasteiger partial charge in [-0.25, -0.2) is 9.98 Å². The Morgan fingerprint density at radius 2 is 0.968 bits per heavy atom. The summed E-state index contributed by atoms with van der Waals surface area (Å²) in [6.45, 7) is 0. The van der Waals surface area contributed by atoms with Crippen LogP contribution in [0.3, 0.4) is 0 Å². The number of benzene rings is 4. The lowest BCUT2D eigenvalue weighted by atomic mass is 10.0. The van der Waals surface area contributed by atoms with E-state index in [0.29, 0.717) is 11.7 Å². The van der Waals surface area contributed by atoms with Crippen molar-refractivity contribution in [1.29, 1.82) is 0 Å². The van der Waals surface area contributed by atoms with Crippen LogP contribution in [0.25, 0.3) is 11.1 Å². The van der Waals surface area contributed by atoms with Gasteiger partial charge in [0.1, 0.15) is 11.7 Å². The van der Waals surface area contributed by atoms with Crippen LogP contribution in [-0.4, -0.2) is 11.7 Å². The summed E-state index contributed by atoms with van der Waals surface area (Å²) >= 11 is 0. The lowest BCUT2D eigenvalue weighted by Crippen LogP contribution is -2.13. The van der Waals surface area contributed by atoms with Crippen molar-refractivity contribution in [1.82, 2.24) is 0 Å². The minimum Gasteiger partial charge on any atom is -0.383 e. The van der Waals surface area contributed by atoms with E-state index in [1.807, 2.05) is 72.8 Å². The van der Waals surface area contributed by atoms with Gasteiger partial charge in [0.2, 0.25) is 0 Å². The molecule has 4 heteroatoms. The minimum atomic E-state index is 0.518. The van der Waals surface area contributed by atoms with E-state index in [9.17, 15) is 0 Å². The van der Waals surface area contributed by atoms with Crippen LogP contribution in [0, 0.1) is 0 Å². The summed E-state index contributed by atoms with van der Waals surface area (Å²) < 4.78 is 0. The van der Waals surface area contributed by atoms with E-state index >= 15 is 0 Å². The molecule has 0 saturated carbocycles. The molecule has 0 fully saturated rings. The highest BCUT2D eigenvalue weighted by Crippen LogP contribution is 2.37. The van der Waals surface area contributed by atoms with E-state index in [0.717, 1.165) is 28.9 Å². The summed E-state index contributed by atoms with van der Waals surface area (Å²) in [6.07, 6.45) is 0.837. The van der Waals surface area contributed by atoms with Gasteiger partial charge < -0.3 is 11.5 Å². The highest BCUT2D eigenvalue weighted by molar-refractivity contribution is 6.01. The highest BCUT2D eigenvalue weighted by Gasteiger charge is 2.20. The molecule has 4 nitrogen and oxygen atoms in total. The SMILES string of the molecule is NC(=Nc1ccccc1)c1ccc2c(c1)Cc1cc(C(N)=Nc3ccccc3)ccc1-2. The molecule has 0 atom stereocenters. The zero-order valence-electron chi connectivity index (χ0n) is 17.0. The van der Waals surface area contributed by atoms with E-state index in [1.54, 1.807) is 0 Å². The first-order valence-corrected chi connectivity index (χ1v) is 10.2. The van der Waals surface area contributed by atoms with Gasteiger partial charge in [-0.2, -0.15) is 0 Å². The molecule has 150 valence electrons. The molecule has 0 aromatic heterocycles. The van der Waals surface area contributed by atoms with Crippen molar-refractivity contribution >= 4 is 23.0 Å². The van der Waals surface area contributed by atoms with Gasteiger partial charge in [-0.05, 0) is 65.1 Å². The molecule has 0 radical (unpaired) electrons. The first kappa shape index (κ1) is 18.8. The highest BCUT2D eigenvalue weighted by atomic mass is 14.9. The number of hydrogen-bond acceptors (Lipinski definition) is 2. The molecule has 4 N–H and O–H groups in total. The fourth-order valence-corrected chi connectivity index (χ4v) is 3.94. The Bertz CT molecular complexity index is 1200. The maximum atomic E-state index is 6.28. The standard InChI is InChI=1S/C27H22N4/c28-26(30-22-7-3-1-4-8-22)18-11-13-24-20(15-18)17-21-16-19(12-14-25(21)24)27(29)31-23-9-5-2-6-10-23/h1-16H,17H2,(H2,28,30)(H2,29,31). The number of para-hydroxylation sites is 2. The van der Waals surface area contributed by atoms with E-state index in [2.05, 4.69) is 34.3 Å². The third-order valence-corrected chi connectivity index (χ3v) is 5.48. The fraction of sp³-hybridized carbons (Fsp3) is 0.0370. The summed E-state index contributed by atoms with van der Waals surface area (Å²) in [5, 5.41) is 0. The van der Waals surface area contributed by atoms with Crippen LogP contribution in [0.5, 0.6) is 0 Å². The molecule has 0 heterocycles. The summed E-state index contributed by atoms with van der Waals surface area (Å²) in [5.41, 5.74) is 21.1. The Balaban J connectivity index is 1.43. The number of aliphatic imine (C=N–C) groups is 2. The van der Waals surface area contributed by atoms with Gasteiger partial charge in [0.05, 0.1) is 11.4 Å². The number of nitrogens with two attached hydrogens (primary N) is 2. The van der Waals surface area contributed by atoms with Crippen molar-refractivity contribution in [3.8, 4) is 11.1 Å². The lowest BCUT2D eigenvalue weighted by molar-refractivity contribution is 1.25. The smallest absolute Gasteiger partial charge is 0.131 e. The average Bonchev–Trinajstić information content (AvgIpc) is 3.17. The second-order valence-electron chi connectivity index (χ2n) is 7.59. The molecule has 4 aromatic carbocycles. The maximum absolute atomic E-state index is 6.28. The summed E-state index contributed by atoms with van der Waals surface area (Å²) in [7, 11) is 0. The molecule has 0 spiro atoms. The third-order valence-electron chi connectivity index (χ3n) is 5.48. The van der Waals surface area contributed by atoms with Crippen molar-refractivity contribution in [2.24, 2.45) is 21.5 Å². The van der Waals surface area contributed by atoms with Gasteiger partial charge in [-0.1, -0.05) is 60.7 Å². The summed E-state index contributed by atoms with van der Waals surface area (Å²) in [6, 6.07) is 32.1. The predicted molar refractivity (Wildman–Crippen MR) is 128 cm³/mol. The van der Waals surface area contributed by atoms with Crippen LogP contribution in [0.4, 0.5) is 11.4 Å². The fourth-order valence-electron chi connectivity index (χ4n) is 3.94. The molecule has 1 aliphatic carbocycles. The van der Waals surface area contributed by atoms with Gasteiger partial charge in [-0.15, -0.1) is 0 Å². The van der Waals surface area contributed by atoms with Crippen LogP contribution in [0.15, 0.2) is 107 Å². The van der Waals surface area contributed by atoms with Gasteiger partial charge in [0.25, 0.3) is 0 Å². The quantitative estimate of drug-likeness (QED) is 0.315. The zero-order valence-corrected chi connectivity index (χ0v) is 17.0. The van der Waals surface area contributed by atoms with Crippen molar-refractivity contribution < 1.29 is 0 Å². The zero-order chi connectivity index (χ0) is 21.2. The molecule has 0 bridgehead atoms. The molecule has 1 aliphatic rings. The van der Waals surface area contributed by atoms with Crippen molar-refractivity contribution in [3.63, 3.8) is 0 Å². The molecular weight excluding hydrogens is 380 g/mol. The van der Waals surface area contributed by atoms with E-state index in [1.165, 1.54) is 22.3 Å². The largest absolute Gasteiger partial charge is 0.383 e. The van der Waals surface area contributed by atoms with Gasteiger partial charge in [0, 0.05) is 11.1 Å². The van der Waals surface area contributed by atoms with Crippen LogP contribution in [0.1, 0.15) is 22.3 Å². The normalized spacial score (nSPS) is 13.0. The van der Waals surface area contributed by atoms with E-state index in [-0.39, 0.29) is 0 Å². The second kappa shape index (κ2) is 7.92. The first-order chi connectivity index (χ1) is 15.2. The van der Waals surface area contributed by atoms with Crippen LogP contribution in [-0.2, 0) is 6.42 Å². The van der Waals surface area contributed by atoms with E-state index < -0.39 is 0 Å². The predicted octanol–water partition coefficient (Wildman–Crippen LogP) is 5.33. The summed E-state index contributed by atoms with van der Waals surface area (Å²) in [4.78, 5) is 9.09. The Morgan fingerprint density at radius 3 is 1.39 bits per heavy atom. The molecular formula is C27H22N4. The molecule has 0 amide bonds. The minimum absolute atomic E-state index is 0.518. The van der Waals surface area contributed by atoms with Crippen LogP contribution in [0.2, 0.25) is 0 Å². The summed E-state index contributed by atoms with van der Waals surface area (Å²) in [5.74, 6) is 1.04. The number of rotatable bonds is 4. The Kier molecular flexibility index (Phi) is 4.81. The van der Waals surface area contributed by atoms with Crippen molar-refractivity contribution in [2.45, 2.75) is 6.42 Å². The second-order valence-corrected chi connectivity index (χ2v) is 7.59. The molecule has 4 aromatic rings. The van der Waals surface area contributed by atoms with Gasteiger partial charge >= 0.3 is 0 Å². The maximum Gasteiger partial charge on any atom is 0.131 e. The average molecular weight is 403 g/mol. The Labute approximate surface area is 181 Å². The molecule has 5 rings (SSSR count). The Morgan fingerprint density at radius 1 is 0.548 bits per heavy atom. The van der Waals surface area contributed by atoms with Crippen molar-refractivity contribution in [3.05, 3.63) is 119 Å². The molecule has 0 unspecified atom stereocenters. The van der Waals surface area contributed by atoms with Crippen LogP contribution >= 0.6 is 0 Å². The molecule has 0 aliphatic heterocycles. The van der Waals surface area contributed by atoms with Crippen LogP contribution < -0.4 is 11.5 Å². The number of nitrogens with zero attached hydrogens (tertiary/aromatic N) is 2.